The molecule has 21 heavy (non-hydrogen) atoms. The van der Waals surface area contributed by atoms with Crippen LogP contribution in [0.5, 0.6) is 0 Å². The number of amides is 1. The lowest BCUT2D eigenvalue weighted by atomic mass is 10.1. The maximum absolute atomic E-state index is 11.7. The van der Waals surface area contributed by atoms with Crippen LogP contribution in [0.15, 0.2) is 71.8 Å². The van der Waals surface area contributed by atoms with Gasteiger partial charge >= 0.3 is 0 Å². The number of nitrogens with zero attached hydrogens (tertiary/aromatic N) is 1. The summed E-state index contributed by atoms with van der Waals surface area (Å²) in [6.07, 6.45) is 4.17. The third-order valence-corrected chi connectivity index (χ3v) is 2.88. The number of benzene rings is 2. The van der Waals surface area contributed by atoms with Crippen molar-refractivity contribution in [2.24, 2.45) is 5.10 Å². The minimum Gasteiger partial charge on any atom is -0.273 e. The zero-order valence-electron chi connectivity index (χ0n) is 12.0. The van der Waals surface area contributed by atoms with Crippen molar-refractivity contribution in [3.05, 3.63) is 77.9 Å². The highest BCUT2D eigenvalue weighted by molar-refractivity contribution is 5.97. The summed E-state index contributed by atoms with van der Waals surface area (Å²) in [5, 5.41) is 4.07. The molecule has 0 unspecified atom stereocenters. The summed E-state index contributed by atoms with van der Waals surface area (Å²) in [5.41, 5.74) is 5.39. The van der Waals surface area contributed by atoms with Crippen molar-refractivity contribution < 1.29 is 4.79 Å². The number of carbonyl (C=O) groups excluding carboxylic acids is 1. The molecule has 0 saturated heterocycles. The molecule has 0 fully saturated rings. The summed E-state index contributed by atoms with van der Waals surface area (Å²) >= 11 is 0. The van der Waals surface area contributed by atoms with Crippen LogP contribution in [0.2, 0.25) is 0 Å². The third kappa shape index (κ3) is 5.45. The van der Waals surface area contributed by atoms with Crippen molar-refractivity contribution in [3.8, 4) is 0 Å². The molecule has 1 N–H and O–H groups in total. The van der Waals surface area contributed by atoms with Gasteiger partial charge in [-0.2, -0.15) is 5.10 Å². The molecule has 2 aromatic carbocycles. The second-order valence-corrected chi connectivity index (χ2v) is 4.69. The Morgan fingerprint density at radius 3 is 2.33 bits per heavy atom. The van der Waals surface area contributed by atoms with Gasteiger partial charge in [0.15, 0.2) is 0 Å². The molecule has 0 spiro atoms. The van der Waals surface area contributed by atoms with Gasteiger partial charge in [0, 0.05) is 0 Å². The number of rotatable bonds is 5. The van der Waals surface area contributed by atoms with E-state index in [1.165, 1.54) is 0 Å². The van der Waals surface area contributed by atoms with E-state index < -0.39 is 0 Å². The molecule has 1 amide bonds. The zero-order chi connectivity index (χ0) is 14.9. The minimum atomic E-state index is -0.117. The smallest absolute Gasteiger partial charge is 0.244 e. The predicted octanol–water partition coefficient (Wildman–Crippen LogP) is 3.43. The van der Waals surface area contributed by atoms with Crippen LogP contribution in [-0.2, 0) is 11.2 Å². The lowest BCUT2D eigenvalue weighted by molar-refractivity contribution is -0.120. The van der Waals surface area contributed by atoms with Crippen LogP contribution in [0, 0.1) is 0 Å². The molecule has 0 atom stereocenters. The van der Waals surface area contributed by atoms with E-state index in [0.717, 1.165) is 16.8 Å². The van der Waals surface area contributed by atoms with Crippen molar-refractivity contribution in [3.63, 3.8) is 0 Å². The van der Waals surface area contributed by atoms with Gasteiger partial charge in [-0.05, 0) is 24.1 Å². The normalized spacial score (nSPS) is 11.6. The van der Waals surface area contributed by atoms with E-state index in [4.69, 9.17) is 0 Å². The number of hydrogen-bond acceptors (Lipinski definition) is 2. The second-order valence-electron chi connectivity index (χ2n) is 4.69. The number of hydrazone groups is 1. The van der Waals surface area contributed by atoms with E-state index in [1.54, 1.807) is 0 Å². The second kappa shape index (κ2) is 7.80. The van der Waals surface area contributed by atoms with E-state index >= 15 is 0 Å². The molecule has 3 heteroatoms. The van der Waals surface area contributed by atoms with Crippen LogP contribution in [0.25, 0.3) is 6.08 Å². The fraction of sp³-hybridized carbons (Fsp3) is 0.111. The van der Waals surface area contributed by atoms with Crippen molar-refractivity contribution in [2.45, 2.75) is 13.3 Å². The molecule has 0 saturated carbocycles. The lowest BCUT2D eigenvalue weighted by Crippen LogP contribution is -2.20. The van der Waals surface area contributed by atoms with E-state index in [2.05, 4.69) is 10.5 Å². The summed E-state index contributed by atoms with van der Waals surface area (Å²) in [7, 11) is 0. The molecule has 0 aliphatic carbocycles. The first kappa shape index (κ1) is 14.7. The average molecular weight is 278 g/mol. The maximum Gasteiger partial charge on any atom is 0.244 e. The van der Waals surface area contributed by atoms with Crippen LogP contribution < -0.4 is 5.43 Å². The summed E-state index contributed by atoms with van der Waals surface area (Å²) in [6, 6.07) is 19.6. The van der Waals surface area contributed by atoms with Gasteiger partial charge in [-0.3, -0.25) is 4.79 Å². The van der Waals surface area contributed by atoms with Crippen molar-refractivity contribution in [1.82, 2.24) is 5.43 Å². The minimum absolute atomic E-state index is 0.117. The molecule has 0 aliphatic heterocycles. The molecular formula is C18H18N2O. The van der Waals surface area contributed by atoms with Crippen LogP contribution in [-0.4, -0.2) is 11.6 Å². The Labute approximate surface area is 125 Å². The van der Waals surface area contributed by atoms with E-state index in [1.807, 2.05) is 79.7 Å². The predicted molar refractivity (Wildman–Crippen MR) is 86.9 cm³/mol. The van der Waals surface area contributed by atoms with Gasteiger partial charge in [0.2, 0.25) is 5.91 Å². The molecule has 0 aliphatic rings. The quantitative estimate of drug-likeness (QED) is 0.660. The first-order valence-corrected chi connectivity index (χ1v) is 6.84. The molecule has 106 valence electrons. The summed E-state index contributed by atoms with van der Waals surface area (Å²) < 4.78 is 0. The van der Waals surface area contributed by atoms with Gasteiger partial charge < -0.3 is 0 Å². The van der Waals surface area contributed by atoms with E-state index in [9.17, 15) is 4.79 Å². The fourth-order valence-electron chi connectivity index (χ4n) is 1.79. The molecule has 2 rings (SSSR count). The first-order chi connectivity index (χ1) is 10.2. The maximum atomic E-state index is 11.7. The van der Waals surface area contributed by atoms with Gasteiger partial charge in [-0.1, -0.05) is 66.7 Å². The zero-order valence-corrected chi connectivity index (χ0v) is 12.0. The van der Waals surface area contributed by atoms with Crippen LogP contribution in [0.1, 0.15) is 18.1 Å². The summed E-state index contributed by atoms with van der Waals surface area (Å²) in [5.74, 6) is -0.117. The van der Waals surface area contributed by atoms with Crippen molar-refractivity contribution in [1.29, 1.82) is 0 Å². The highest BCUT2D eigenvalue weighted by atomic mass is 16.2. The Morgan fingerprint density at radius 1 is 1.05 bits per heavy atom. The standard InChI is InChI=1S/C18H18N2O/c1-15(12-13-16-8-4-2-5-9-16)19-20-18(21)14-17-10-6-3-7-11-17/h2-13H,14H2,1H3,(H,20,21)/b13-12+,19-15+. The van der Waals surface area contributed by atoms with Crippen molar-refractivity contribution in [2.75, 3.05) is 0 Å². The summed E-state index contributed by atoms with van der Waals surface area (Å²) in [4.78, 5) is 11.7. The lowest BCUT2D eigenvalue weighted by Gasteiger charge is -2.00. The highest BCUT2D eigenvalue weighted by Gasteiger charge is 2.00. The van der Waals surface area contributed by atoms with Crippen LogP contribution in [0.3, 0.4) is 0 Å². The number of hydrogen-bond donors (Lipinski definition) is 1. The molecule has 0 heterocycles. The Kier molecular flexibility index (Phi) is 5.47. The fourth-order valence-corrected chi connectivity index (χ4v) is 1.79. The molecule has 3 nitrogen and oxygen atoms in total. The number of allylic oxidation sites excluding steroid dienone is 1. The van der Waals surface area contributed by atoms with Crippen LogP contribution >= 0.6 is 0 Å². The number of carbonyl (C=O) groups is 1. The first-order valence-electron chi connectivity index (χ1n) is 6.84. The SMILES string of the molecule is CC(/C=C/c1ccccc1)=N\NC(=O)Cc1ccccc1. The van der Waals surface area contributed by atoms with Gasteiger partial charge in [0.25, 0.3) is 0 Å². The average Bonchev–Trinajstić information content (AvgIpc) is 2.53. The Balaban J connectivity index is 1.85. The molecule has 0 bridgehead atoms. The monoisotopic (exact) mass is 278 g/mol. The molecular weight excluding hydrogens is 260 g/mol. The Bertz CT molecular complexity index is 631. The van der Waals surface area contributed by atoms with Gasteiger partial charge in [0.05, 0.1) is 12.1 Å². The Morgan fingerprint density at radius 2 is 1.67 bits per heavy atom. The highest BCUT2D eigenvalue weighted by Crippen LogP contribution is 2.01. The van der Waals surface area contributed by atoms with Gasteiger partial charge in [-0.15, -0.1) is 0 Å². The number of nitrogens with one attached hydrogen (secondary N) is 1. The van der Waals surface area contributed by atoms with Gasteiger partial charge in [0.1, 0.15) is 0 Å². The topological polar surface area (TPSA) is 41.5 Å². The largest absolute Gasteiger partial charge is 0.273 e. The molecule has 0 aromatic heterocycles. The van der Waals surface area contributed by atoms with Crippen molar-refractivity contribution >= 4 is 17.7 Å². The summed E-state index contributed by atoms with van der Waals surface area (Å²) in [6.45, 7) is 1.85. The molecule has 0 radical (unpaired) electrons. The van der Waals surface area contributed by atoms with E-state index in [0.29, 0.717) is 6.42 Å². The van der Waals surface area contributed by atoms with Gasteiger partial charge in [-0.25, -0.2) is 5.43 Å². The molecule has 2 aromatic rings. The van der Waals surface area contributed by atoms with Crippen LogP contribution in [0.4, 0.5) is 0 Å². The Hall–Kier alpha value is -2.68. The van der Waals surface area contributed by atoms with E-state index in [-0.39, 0.29) is 5.91 Å². The third-order valence-electron chi connectivity index (χ3n) is 2.88.